The number of nitro groups is 1. The molecule has 0 aliphatic rings. The minimum Gasteiger partial charge on any atom is -0.493 e. The Labute approximate surface area is 145 Å². The van der Waals surface area contributed by atoms with E-state index in [0.29, 0.717) is 28.6 Å². The normalized spacial score (nSPS) is 11.0. The molecule has 8 heteroatoms. The number of nitrogens with zero attached hydrogens (tertiary/aromatic N) is 2. The Bertz CT molecular complexity index is 780. The summed E-state index contributed by atoms with van der Waals surface area (Å²) < 4.78 is 15.9. The molecule has 0 bridgehead atoms. The lowest BCUT2D eigenvalue weighted by molar-refractivity contribution is -0.384. The van der Waals surface area contributed by atoms with E-state index in [1.807, 2.05) is 0 Å². The van der Waals surface area contributed by atoms with Gasteiger partial charge in [0.15, 0.2) is 11.5 Å². The van der Waals surface area contributed by atoms with E-state index >= 15 is 0 Å². The molecular formula is C17H19N3O5. The molecule has 0 heterocycles. The largest absolute Gasteiger partial charge is 0.493 e. The first-order chi connectivity index (χ1) is 12.0. The molecule has 25 heavy (non-hydrogen) atoms. The Morgan fingerprint density at radius 2 is 1.68 bits per heavy atom. The van der Waals surface area contributed by atoms with Crippen molar-refractivity contribution < 1.29 is 19.1 Å². The van der Waals surface area contributed by atoms with Gasteiger partial charge in [-0.05, 0) is 25.1 Å². The molecule has 0 saturated carbocycles. The van der Waals surface area contributed by atoms with Crippen LogP contribution in [-0.4, -0.2) is 32.0 Å². The van der Waals surface area contributed by atoms with E-state index < -0.39 is 4.92 Å². The zero-order valence-corrected chi connectivity index (χ0v) is 14.4. The molecule has 8 nitrogen and oxygen atoms in total. The van der Waals surface area contributed by atoms with Crippen LogP contribution in [0.1, 0.15) is 12.5 Å². The monoisotopic (exact) mass is 345 g/mol. The van der Waals surface area contributed by atoms with Crippen molar-refractivity contribution in [2.75, 3.05) is 26.8 Å². The number of hydrogen-bond donors (Lipinski definition) is 1. The Morgan fingerprint density at radius 3 is 2.20 bits per heavy atom. The van der Waals surface area contributed by atoms with Crippen LogP contribution in [0.2, 0.25) is 0 Å². The number of ether oxygens (including phenoxy) is 3. The van der Waals surface area contributed by atoms with Crippen molar-refractivity contribution in [1.82, 2.24) is 0 Å². The van der Waals surface area contributed by atoms with Gasteiger partial charge in [0.05, 0.1) is 32.0 Å². The van der Waals surface area contributed by atoms with E-state index in [-0.39, 0.29) is 5.69 Å². The molecule has 0 radical (unpaired) electrons. The van der Waals surface area contributed by atoms with Gasteiger partial charge >= 0.3 is 0 Å². The second kappa shape index (κ2) is 8.00. The lowest BCUT2D eigenvalue weighted by Crippen LogP contribution is -2.04. The number of hydrazone groups is 1. The predicted octanol–water partition coefficient (Wildman–Crippen LogP) is 3.46. The number of nitrogens with one attached hydrogen (secondary N) is 1. The van der Waals surface area contributed by atoms with Crippen LogP contribution in [0.25, 0.3) is 0 Å². The highest BCUT2D eigenvalue weighted by Gasteiger charge is 2.15. The van der Waals surface area contributed by atoms with Gasteiger partial charge in [-0.2, -0.15) is 5.10 Å². The Balaban J connectivity index is 2.36. The van der Waals surface area contributed by atoms with Crippen LogP contribution in [-0.2, 0) is 0 Å². The van der Waals surface area contributed by atoms with Gasteiger partial charge in [0.2, 0.25) is 5.75 Å². The van der Waals surface area contributed by atoms with Gasteiger partial charge in [0, 0.05) is 11.6 Å². The molecule has 0 amide bonds. The van der Waals surface area contributed by atoms with E-state index in [1.165, 1.54) is 27.4 Å². The van der Waals surface area contributed by atoms with Crippen molar-refractivity contribution in [3.8, 4) is 17.2 Å². The molecule has 1 N–H and O–H groups in total. The van der Waals surface area contributed by atoms with Gasteiger partial charge in [-0.1, -0.05) is 12.1 Å². The maximum Gasteiger partial charge on any atom is 0.294 e. The Hall–Kier alpha value is -3.29. The van der Waals surface area contributed by atoms with Crippen LogP contribution in [0.3, 0.4) is 0 Å². The van der Waals surface area contributed by atoms with Gasteiger partial charge in [-0.3, -0.25) is 15.5 Å². The quantitative estimate of drug-likeness (QED) is 0.469. The molecule has 0 unspecified atom stereocenters. The number of rotatable bonds is 7. The lowest BCUT2D eigenvalue weighted by atomic mass is 10.1. The van der Waals surface area contributed by atoms with Crippen LogP contribution >= 0.6 is 0 Å². The Kier molecular flexibility index (Phi) is 5.78. The number of benzene rings is 2. The van der Waals surface area contributed by atoms with Crippen LogP contribution in [0.15, 0.2) is 41.5 Å². The first-order valence-electron chi connectivity index (χ1n) is 7.36. The SMILES string of the molecule is COc1cc(C(C)=NNc2ccccc2[N+](=O)[O-])cc(OC)c1OC. The highest BCUT2D eigenvalue weighted by Crippen LogP contribution is 2.38. The number of methoxy groups -OCH3 is 3. The smallest absolute Gasteiger partial charge is 0.294 e. The van der Waals surface area contributed by atoms with Crippen molar-refractivity contribution in [2.45, 2.75) is 6.92 Å². The van der Waals surface area contributed by atoms with Crippen LogP contribution < -0.4 is 19.6 Å². The summed E-state index contributed by atoms with van der Waals surface area (Å²) in [6.07, 6.45) is 0. The minimum atomic E-state index is -0.466. The van der Waals surface area contributed by atoms with E-state index in [2.05, 4.69) is 10.5 Å². The van der Waals surface area contributed by atoms with E-state index in [9.17, 15) is 10.1 Å². The summed E-state index contributed by atoms with van der Waals surface area (Å²) >= 11 is 0. The van der Waals surface area contributed by atoms with E-state index in [1.54, 1.807) is 37.3 Å². The fraction of sp³-hybridized carbons (Fsp3) is 0.235. The summed E-state index contributed by atoms with van der Waals surface area (Å²) in [6, 6.07) is 9.79. The molecule has 2 aromatic rings. The van der Waals surface area contributed by atoms with Crippen molar-refractivity contribution in [2.24, 2.45) is 5.10 Å². The third-order valence-electron chi connectivity index (χ3n) is 3.53. The topological polar surface area (TPSA) is 95.2 Å². The second-order valence-electron chi connectivity index (χ2n) is 5.00. The van der Waals surface area contributed by atoms with E-state index in [0.717, 1.165) is 5.56 Å². The summed E-state index contributed by atoms with van der Waals surface area (Å²) in [5.74, 6) is 1.47. The lowest BCUT2D eigenvalue weighted by Gasteiger charge is -2.14. The number of anilines is 1. The second-order valence-corrected chi connectivity index (χ2v) is 5.00. The first-order valence-corrected chi connectivity index (χ1v) is 7.36. The molecule has 0 fully saturated rings. The van der Waals surface area contributed by atoms with Crippen molar-refractivity contribution in [3.05, 3.63) is 52.1 Å². The summed E-state index contributed by atoms with van der Waals surface area (Å²) in [5, 5.41) is 15.3. The minimum absolute atomic E-state index is 0.0519. The highest BCUT2D eigenvalue weighted by atomic mass is 16.6. The average molecular weight is 345 g/mol. The molecule has 0 saturated heterocycles. The van der Waals surface area contributed by atoms with Gasteiger partial charge in [0.25, 0.3) is 5.69 Å². The third kappa shape index (κ3) is 3.97. The van der Waals surface area contributed by atoms with Gasteiger partial charge in [-0.15, -0.1) is 0 Å². The standard InChI is InChI=1S/C17H19N3O5/c1-11(18-19-13-7-5-6-8-14(13)20(21)22)12-9-15(23-2)17(25-4)16(10-12)24-3/h5-10,19H,1-4H3. The van der Waals surface area contributed by atoms with Gasteiger partial charge in [0.1, 0.15) is 5.69 Å². The molecule has 0 atom stereocenters. The number of hydrogen-bond acceptors (Lipinski definition) is 7. The van der Waals surface area contributed by atoms with Crippen LogP contribution in [0.5, 0.6) is 17.2 Å². The molecule has 2 aromatic carbocycles. The predicted molar refractivity (Wildman–Crippen MR) is 95.0 cm³/mol. The van der Waals surface area contributed by atoms with Crippen LogP contribution in [0.4, 0.5) is 11.4 Å². The van der Waals surface area contributed by atoms with Gasteiger partial charge < -0.3 is 14.2 Å². The summed E-state index contributed by atoms with van der Waals surface area (Å²) in [6.45, 7) is 1.77. The zero-order chi connectivity index (χ0) is 18.4. The molecule has 0 aliphatic heterocycles. The molecule has 0 spiro atoms. The third-order valence-corrected chi connectivity index (χ3v) is 3.53. The first kappa shape index (κ1) is 18.1. The molecule has 132 valence electrons. The summed E-state index contributed by atoms with van der Waals surface area (Å²) in [5.41, 5.74) is 4.30. The van der Waals surface area contributed by atoms with Crippen molar-refractivity contribution in [1.29, 1.82) is 0 Å². The van der Waals surface area contributed by atoms with Crippen molar-refractivity contribution >= 4 is 17.1 Å². The van der Waals surface area contributed by atoms with Crippen LogP contribution in [0, 0.1) is 10.1 Å². The maximum atomic E-state index is 11.0. The number of nitro benzene ring substituents is 1. The zero-order valence-electron chi connectivity index (χ0n) is 14.4. The molecule has 0 aromatic heterocycles. The highest BCUT2D eigenvalue weighted by molar-refractivity contribution is 6.00. The maximum absolute atomic E-state index is 11.0. The Morgan fingerprint density at radius 1 is 1.08 bits per heavy atom. The van der Waals surface area contributed by atoms with E-state index in [4.69, 9.17) is 14.2 Å². The molecule has 2 rings (SSSR count). The fourth-order valence-electron chi connectivity index (χ4n) is 2.23. The van der Waals surface area contributed by atoms with Crippen molar-refractivity contribution in [3.63, 3.8) is 0 Å². The average Bonchev–Trinajstić information content (AvgIpc) is 2.64. The summed E-state index contributed by atoms with van der Waals surface area (Å²) in [7, 11) is 4.58. The number of para-hydroxylation sites is 2. The van der Waals surface area contributed by atoms with Gasteiger partial charge in [-0.25, -0.2) is 0 Å². The molecule has 0 aliphatic carbocycles. The fourth-order valence-corrected chi connectivity index (χ4v) is 2.23. The molecular weight excluding hydrogens is 326 g/mol. The summed E-state index contributed by atoms with van der Waals surface area (Å²) in [4.78, 5) is 10.6.